The smallest absolute Gasteiger partial charge is 0.161 e. The predicted octanol–water partition coefficient (Wildman–Crippen LogP) is 34.6. The van der Waals surface area contributed by atoms with Gasteiger partial charge in [0.05, 0.1) is 77.8 Å². The van der Waals surface area contributed by atoms with E-state index in [0.29, 0.717) is 17.5 Å². The van der Waals surface area contributed by atoms with Crippen molar-refractivity contribution in [2.45, 2.75) is 0 Å². The van der Waals surface area contributed by atoms with Crippen molar-refractivity contribution in [1.82, 2.24) is 48.2 Å². The number of aromatic nitrogens is 10. The summed E-state index contributed by atoms with van der Waals surface area (Å²) in [5.41, 5.74) is 32.5. The van der Waals surface area contributed by atoms with Crippen molar-refractivity contribution in [2.24, 2.45) is 0 Å². The van der Waals surface area contributed by atoms with Crippen LogP contribution in [-0.4, -0.2) is 48.2 Å². The van der Waals surface area contributed by atoms with Crippen LogP contribution in [0.1, 0.15) is 0 Å². The minimum Gasteiger partial charge on any atom is -0.456 e. The second-order valence-corrected chi connectivity index (χ2v) is 37.0. The molecule has 0 aliphatic rings. The number of rotatable bonds is 11. The zero-order chi connectivity index (χ0) is 95.3. The van der Waals surface area contributed by atoms with E-state index in [1.165, 1.54) is 76.3 Å². The molecule has 10 heterocycles. The van der Waals surface area contributed by atoms with Gasteiger partial charge in [-0.1, -0.05) is 334 Å². The molecule has 676 valence electrons. The fourth-order valence-electron chi connectivity index (χ4n) is 22.3. The topological polar surface area (TPSA) is 136 Å². The van der Waals surface area contributed by atoms with Gasteiger partial charge in [0.2, 0.25) is 0 Å². The van der Waals surface area contributed by atoms with Gasteiger partial charge < -0.3 is 31.5 Å². The zero-order valence-electron chi connectivity index (χ0n) is 77.9. The number of furan rings is 3. The van der Waals surface area contributed by atoms with Crippen molar-refractivity contribution >= 4 is 186 Å². The third-order valence-electron chi connectivity index (χ3n) is 28.7. The first-order valence-corrected chi connectivity index (χ1v) is 48.9. The van der Waals surface area contributed by atoms with Crippen LogP contribution < -0.4 is 0 Å². The van der Waals surface area contributed by atoms with Crippen molar-refractivity contribution in [2.75, 3.05) is 0 Å². The van der Waals surface area contributed by atoms with E-state index in [0.717, 1.165) is 194 Å². The molecule has 0 saturated heterocycles. The molecule has 0 bridgehead atoms. The highest BCUT2D eigenvalue weighted by Crippen LogP contribution is 2.48. The molecule has 13 heteroatoms. The third kappa shape index (κ3) is 13.5. The number of hydrogen-bond donors (Lipinski definition) is 0. The minimum absolute atomic E-state index is 0.676. The largest absolute Gasteiger partial charge is 0.456 e. The van der Waals surface area contributed by atoms with Gasteiger partial charge in [-0.2, -0.15) is 0 Å². The Morgan fingerprint density at radius 1 is 0.145 bits per heavy atom. The van der Waals surface area contributed by atoms with Crippen molar-refractivity contribution in [3.8, 4) is 102 Å². The standard InChI is InChI=1S/C50H30N4O.C44H27N3O.C38H23N3O/c1-3-14-31(15-4-1)49-36-20-7-10-22-41(36)51-50(52-49)38-21-13-25-46-48(38)37-27-26-33(28-47(37)55-46)54-43-24-12-9-19-35(43)40-29-39-34-18-8-11-23-42(34)53(44(39)30-45(40)54)32-16-5-2-6-17-32;1-3-12-28(13-4-1)30-22-24-33-32-16-8-10-20-38(32)47(39(33)26-30)31-23-25-35-41(27-31)48-40-21-11-18-36(42(35)40)43-34-17-7-9-19-37(34)45-44(46-43)29-14-5-2-6-15-29;1-2-11-24(12-3-1)38-39-31-17-7-4-15-28(31)37(40-38)30-16-10-20-34-36(30)29-22-21-25(23-35(29)42-34)41-32-18-8-5-13-26(32)27-14-6-9-19-33(27)41/h1-30H;1-27H;1-23H. The van der Waals surface area contributed by atoms with Crippen molar-refractivity contribution in [3.63, 3.8) is 0 Å². The van der Waals surface area contributed by atoms with Crippen LogP contribution in [0.25, 0.3) is 288 Å². The Hall–Kier alpha value is -19.8. The Morgan fingerprint density at radius 3 is 0.862 bits per heavy atom. The second kappa shape index (κ2) is 33.5. The van der Waals surface area contributed by atoms with E-state index in [2.05, 4.69) is 394 Å². The summed E-state index contributed by atoms with van der Waals surface area (Å²) in [6, 6.07) is 170. The van der Waals surface area contributed by atoms with E-state index in [1.54, 1.807) is 0 Å². The van der Waals surface area contributed by atoms with Crippen LogP contribution in [0.15, 0.2) is 499 Å². The summed E-state index contributed by atoms with van der Waals surface area (Å²) in [7, 11) is 0. The first-order chi connectivity index (χ1) is 71.9. The number of benzene rings is 21. The van der Waals surface area contributed by atoms with Crippen molar-refractivity contribution in [1.29, 1.82) is 0 Å². The zero-order valence-corrected chi connectivity index (χ0v) is 77.9. The summed E-state index contributed by atoms with van der Waals surface area (Å²) in [5.74, 6) is 2.09. The SMILES string of the molecule is c1ccc(-c2ccc3c4ccccc4n(-c4ccc5c(c4)oc4cccc(-c6nc(-c7ccccc7)nc7ccccc67)c45)c3c2)cc1.c1ccc(-c2nc(-c3cccc4oc5cc(-n6c7ccccc7c7cc8c9ccccc9n(-c9ccccc9)c8cc76)ccc5c34)nc3ccccc23)cc1.c1ccc(-c2nc(-c3cccc4oc5cc(-n6c7ccccc7c7ccccc76)ccc5c34)c3ccccc3n2)cc1. The van der Waals surface area contributed by atoms with E-state index >= 15 is 0 Å². The maximum absolute atomic E-state index is 6.69. The van der Waals surface area contributed by atoms with Gasteiger partial charge in [0.1, 0.15) is 33.5 Å². The molecule has 0 aliphatic carbocycles. The summed E-state index contributed by atoms with van der Waals surface area (Å²) in [6.07, 6.45) is 0. The van der Waals surface area contributed by atoms with Crippen LogP contribution in [0, 0.1) is 0 Å². The van der Waals surface area contributed by atoms with Gasteiger partial charge >= 0.3 is 0 Å². The summed E-state index contributed by atoms with van der Waals surface area (Å²) < 4.78 is 29.3. The molecular formula is C132H80N10O3. The predicted molar refractivity (Wildman–Crippen MR) is 596 cm³/mol. The summed E-state index contributed by atoms with van der Waals surface area (Å²) in [6.45, 7) is 0. The highest BCUT2D eigenvalue weighted by atomic mass is 16.3. The molecule has 145 heavy (non-hydrogen) atoms. The lowest BCUT2D eigenvalue weighted by atomic mass is 10.00. The number of para-hydroxylation sites is 9. The van der Waals surface area contributed by atoms with Gasteiger partial charge in [-0.25, -0.2) is 29.9 Å². The first-order valence-electron chi connectivity index (χ1n) is 48.9. The molecule has 0 atom stereocenters. The summed E-state index contributed by atoms with van der Waals surface area (Å²) in [5, 5.41) is 19.2. The van der Waals surface area contributed by atoms with Crippen LogP contribution >= 0.6 is 0 Å². The van der Waals surface area contributed by atoms with Gasteiger partial charge in [0, 0.05) is 166 Å². The molecule has 10 aromatic heterocycles. The quantitative estimate of drug-likeness (QED) is 0.124. The molecule has 0 fully saturated rings. The molecule has 21 aromatic carbocycles. The fraction of sp³-hybridized carbons (Fsp3) is 0. The molecule has 0 spiro atoms. The highest BCUT2D eigenvalue weighted by molar-refractivity contribution is 6.22. The lowest BCUT2D eigenvalue weighted by Gasteiger charge is -2.11. The molecule has 13 nitrogen and oxygen atoms in total. The Kier molecular flexibility index (Phi) is 19.0. The molecule has 0 amide bonds. The second-order valence-electron chi connectivity index (χ2n) is 37.0. The van der Waals surface area contributed by atoms with Crippen LogP contribution in [0.2, 0.25) is 0 Å². The molecule has 0 unspecified atom stereocenters. The Balaban J connectivity index is 0.000000104. The van der Waals surface area contributed by atoms with Gasteiger partial charge in [-0.3, -0.25) is 0 Å². The monoisotopic (exact) mass is 1850 g/mol. The molecule has 0 N–H and O–H groups in total. The van der Waals surface area contributed by atoms with Gasteiger partial charge in [-0.05, 0) is 145 Å². The molecular weight excluding hydrogens is 1770 g/mol. The average molecular weight is 1850 g/mol. The molecule has 0 aliphatic heterocycles. The van der Waals surface area contributed by atoms with Crippen LogP contribution in [0.5, 0.6) is 0 Å². The maximum Gasteiger partial charge on any atom is 0.161 e. The van der Waals surface area contributed by atoms with Crippen LogP contribution in [0.3, 0.4) is 0 Å². The molecule has 31 aromatic rings. The van der Waals surface area contributed by atoms with Crippen molar-refractivity contribution < 1.29 is 13.3 Å². The Labute approximate surface area is 828 Å². The molecule has 0 saturated carbocycles. The van der Waals surface area contributed by atoms with Crippen LogP contribution in [-0.2, 0) is 0 Å². The average Bonchev–Trinajstić information content (AvgIpc) is 1.53. The maximum atomic E-state index is 6.69. The van der Waals surface area contributed by atoms with E-state index < -0.39 is 0 Å². The van der Waals surface area contributed by atoms with Gasteiger partial charge in [0.15, 0.2) is 17.5 Å². The normalized spacial score (nSPS) is 11.9. The third-order valence-corrected chi connectivity index (χ3v) is 28.7. The minimum atomic E-state index is 0.676. The van der Waals surface area contributed by atoms with E-state index in [9.17, 15) is 0 Å². The summed E-state index contributed by atoms with van der Waals surface area (Å²) >= 11 is 0. The summed E-state index contributed by atoms with van der Waals surface area (Å²) in [4.78, 5) is 30.5. The molecule has 0 radical (unpaired) electrons. The lowest BCUT2D eigenvalue weighted by molar-refractivity contribution is 0.668. The van der Waals surface area contributed by atoms with Crippen molar-refractivity contribution in [3.05, 3.63) is 485 Å². The number of fused-ring (bicyclic) bond motifs is 24. The van der Waals surface area contributed by atoms with Gasteiger partial charge in [-0.15, -0.1) is 0 Å². The molecule has 31 rings (SSSR count). The lowest BCUT2D eigenvalue weighted by Crippen LogP contribution is -1.96. The fourth-order valence-corrected chi connectivity index (χ4v) is 22.3. The Bertz CT molecular complexity index is 10600. The van der Waals surface area contributed by atoms with Gasteiger partial charge in [0.25, 0.3) is 0 Å². The first kappa shape index (κ1) is 82.3. The number of hydrogen-bond acceptors (Lipinski definition) is 9. The Morgan fingerprint density at radius 2 is 0.441 bits per heavy atom. The van der Waals surface area contributed by atoms with E-state index in [-0.39, 0.29) is 0 Å². The number of nitrogens with zero attached hydrogens (tertiary/aromatic N) is 10. The van der Waals surface area contributed by atoms with E-state index in [4.69, 9.17) is 43.2 Å². The highest BCUT2D eigenvalue weighted by Gasteiger charge is 2.27. The van der Waals surface area contributed by atoms with E-state index in [1.807, 2.05) is 109 Å². The van der Waals surface area contributed by atoms with Crippen LogP contribution in [0.4, 0.5) is 0 Å².